The van der Waals surface area contributed by atoms with Crippen molar-refractivity contribution in [3.05, 3.63) is 60.2 Å². The highest BCUT2D eigenvalue weighted by molar-refractivity contribution is 5.93. The van der Waals surface area contributed by atoms with Gasteiger partial charge in [-0.1, -0.05) is 0 Å². The van der Waals surface area contributed by atoms with Crippen molar-refractivity contribution >= 4 is 23.1 Å². The molecule has 1 saturated heterocycles. The van der Waals surface area contributed by atoms with Gasteiger partial charge in [-0.05, 0) is 93.8 Å². The largest absolute Gasteiger partial charge is 0.497 e. The van der Waals surface area contributed by atoms with E-state index in [2.05, 4.69) is 58.2 Å². The minimum absolute atomic E-state index is 0.000333. The van der Waals surface area contributed by atoms with E-state index in [-0.39, 0.29) is 11.8 Å². The Balaban J connectivity index is 1.32. The molecule has 0 bridgehead atoms. The summed E-state index contributed by atoms with van der Waals surface area (Å²) in [5.74, 6) is 1.77. The fourth-order valence-electron chi connectivity index (χ4n) is 4.59. The van der Waals surface area contributed by atoms with Gasteiger partial charge in [0.2, 0.25) is 5.91 Å². The lowest BCUT2D eigenvalue weighted by Gasteiger charge is -2.32. The van der Waals surface area contributed by atoms with E-state index in [9.17, 15) is 4.79 Å². The van der Waals surface area contributed by atoms with Gasteiger partial charge in [-0.25, -0.2) is 0 Å². The van der Waals surface area contributed by atoms with Gasteiger partial charge in [0.15, 0.2) is 5.82 Å². The maximum Gasteiger partial charge on any atom is 0.227 e. The molecule has 1 N–H and O–H groups in total. The standard InChI is InChI=1S/C28H35N5O2/c1-5-32(6-2)23-9-12-25(20(3)19-23)29-28(34)22-15-17-33(18-16-22)27-14-13-26(30-31-27)21-7-10-24(35-4)11-8-21/h7-14,19,22H,5-6,15-18H2,1-4H3,(H,29,34). The lowest BCUT2D eigenvalue weighted by molar-refractivity contribution is -0.120. The molecule has 1 amide bonds. The summed E-state index contributed by atoms with van der Waals surface area (Å²) in [5, 5.41) is 12.0. The molecule has 0 saturated carbocycles. The highest BCUT2D eigenvalue weighted by Gasteiger charge is 2.26. The third-order valence-electron chi connectivity index (χ3n) is 6.82. The first-order valence-corrected chi connectivity index (χ1v) is 12.4. The summed E-state index contributed by atoms with van der Waals surface area (Å²) < 4.78 is 5.22. The van der Waals surface area contributed by atoms with Crippen molar-refractivity contribution in [3.63, 3.8) is 0 Å². The van der Waals surface area contributed by atoms with Gasteiger partial charge in [-0.2, -0.15) is 0 Å². The maximum atomic E-state index is 13.0. The molecule has 2 heterocycles. The molecule has 0 radical (unpaired) electrons. The third-order valence-corrected chi connectivity index (χ3v) is 6.82. The average Bonchev–Trinajstić information content (AvgIpc) is 2.91. The SMILES string of the molecule is CCN(CC)c1ccc(NC(=O)C2CCN(c3ccc(-c4ccc(OC)cc4)nn3)CC2)c(C)c1. The van der Waals surface area contributed by atoms with E-state index in [4.69, 9.17) is 4.74 Å². The zero-order valence-corrected chi connectivity index (χ0v) is 21.1. The van der Waals surface area contributed by atoms with Crippen LogP contribution in [0.4, 0.5) is 17.2 Å². The van der Waals surface area contributed by atoms with Crippen LogP contribution < -0.4 is 19.9 Å². The van der Waals surface area contributed by atoms with E-state index >= 15 is 0 Å². The van der Waals surface area contributed by atoms with E-state index in [1.807, 2.05) is 42.5 Å². The fourth-order valence-corrected chi connectivity index (χ4v) is 4.59. The average molecular weight is 474 g/mol. The van der Waals surface area contributed by atoms with E-state index in [1.165, 1.54) is 5.69 Å². The second-order valence-electron chi connectivity index (χ2n) is 8.93. The minimum Gasteiger partial charge on any atom is -0.497 e. The van der Waals surface area contributed by atoms with Crippen molar-refractivity contribution in [3.8, 4) is 17.0 Å². The number of amides is 1. The summed E-state index contributed by atoms with van der Waals surface area (Å²) in [5.41, 5.74) is 5.01. The number of nitrogens with one attached hydrogen (secondary N) is 1. The highest BCUT2D eigenvalue weighted by Crippen LogP contribution is 2.27. The minimum atomic E-state index is -0.000333. The molecule has 3 aromatic rings. The maximum absolute atomic E-state index is 13.0. The Morgan fingerprint density at radius 2 is 1.74 bits per heavy atom. The van der Waals surface area contributed by atoms with Crippen molar-refractivity contribution < 1.29 is 9.53 Å². The zero-order chi connectivity index (χ0) is 24.8. The fraction of sp³-hybridized carbons (Fsp3) is 0.393. The number of rotatable bonds is 8. The lowest BCUT2D eigenvalue weighted by atomic mass is 9.95. The second kappa shape index (κ2) is 11.2. The molecule has 2 aromatic carbocycles. The van der Waals surface area contributed by atoms with Crippen LogP contribution in [0.3, 0.4) is 0 Å². The van der Waals surface area contributed by atoms with Crippen LogP contribution >= 0.6 is 0 Å². The van der Waals surface area contributed by atoms with Crippen molar-refractivity contribution in [2.24, 2.45) is 5.92 Å². The monoisotopic (exact) mass is 473 g/mol. The van der Waals surface area contributed by atoms with Gasteiger partial charge < -0.3 is 19.9 Å². The highest BCUT2D eigenvalue weighted by atomic mass is 16.5. The second-order valence-corrected chi connectivity index (χ2v) is 8.93. The van der Waals surface area contributed by atoms with Gasteiger partial charge in [0.1, 0.15) is 5.75 Å². The molecule has 1 aliphatic rings. The van der Waals surface area contributed by atoms with Crippen molar-refractivity contribution in [2.45, 2.75) is 33.6 Å². The van der Waals surface area contributed by atoms with Crippen LogP contribution in [0.1, 0.15) is 32.3 Å². The number of hydrogen-bond donors (Lipinski definition) is 1. The number of benzene rings is 2. The van der Waals surface area contributed by atoms with Crippen molar-refractivity contribution in [1.29, 1.82) is 0 Å². The van der Waals surface area contributed by atoms with Gasteiger partial charge in [0.25, 0.3) is 0 Å². The molecule has 4 rings (SSSR count). The number of hydrogen-bond acceptors (Lipinski definition) is 6. The lowest BCUT2D eigenvalue weighted by Crippen LogP contribution is -2.38. The van der Waals surface area contributed by atoms with Crippen LogP contribution in [-0.2, 0) is 4.79 Å². The van der Waals surface area contributed by atoms with E-state index in [0.29, 0.717) is 0 Å². The number of piperidine rings is 1. The van der Waals surface area contributed by atoms with E-state index in [0.717, 1.165) is 73.1 Å². The third kappa shape index (κ3) is 5.73. The van der Waals surface area contributed by atoms with Gasteiger partial charge in [0, 0.05) is 49.0 Å². The zero-order valence-electron chi connectivity index (χ0n) is 21.1. The number of nitrogens with zero attached hydrogens (tertiary/aromatic N) is 4. The molecule has 7 heteroatoms. The van der Waals surface area contributed by atoms with Gasteiger partial charge in [-0.15, -0.1) is 10.2 Å². The number of aromatic nitrogens is 2. The van der Waals surface area contributed by atoms with Crippen LogP contribution in [0.25, 0.3) is 11.3 Å². The van der Waals surface area contributed by atoms with Gasteiger partial charge in [-0.3, -0.25) is 4.79 Å². The number of methoxy groups -OCH3 is 1. The van der Waals surface area contributed by atoms with Crippen LogP contribution in [0.2, 0.25) is 0 Å². The summed E-state index contributed by atoms with van der Waals surface area (Å²) in [6, 6.07) is 18.1. The van der Waals surface area contributed by atoms with Gasteiger partial charge in [0.05, 0.1) is 12.8 Å². The van der Waals surface area contributed by atoms with Gasteiger partial charge >= 0.3 is 0 Å². The first-order valence-electron chi connectivity index (χ1n) is 12.4. The number of anilines is 3. The number of ether oxygens (including phenoxy) is 1. The number of carbonyl (C=O) groups excluding carboxylic acids is 1. The Morgan fingerprint density at radius 1 is 1.03 bits per heavy atom. The van der Waals surface area contributed by atoms with Crippen LogP contribution in [-0.4, -0.2) is 49.4 Å². The molecular weight excluding hydrogens is 438 g/mol. The molecular formula is C28H35N5O2. The topological polar surface area (TPSA) is 70.6 Å². The molecule has 0 aliphatic carbocycles. The molecule has 184 valence electrons. The van der Waals surface area contributed by atoms with Crippen LogP contribution in [0.5, 0.6) is 5.75 Å². The Hall–Kier alpha value is -3.61. The Kier molecular flexibility index (Phi) is 7.85. The Bertz CT molecular complexity index is 1120. The summed E-state index contributed by atoms with van der Waals surface area (Å²) in [6.45, 7) is 9.87. The van der Waals surface area contributed by atoms with E-state index in [1.54, 1.807) is 7.11 Å². The molecule has 1 aliphatic heterocycles. The first-order chi connectivity index (χ1) is 17.0. The van der Waals surface area contributed by atoms with Crippen molar-refractivity contribution in [1.82, 2.24) is 10.2 Å². The summed E-state index contributed by atoms with van der Waals surface area (Å²) >= 11 is 0. The Morgan fingerprint density at radius 3 is 2.31 bits per heavy atom. The van der Waals surface area contributed by atoms with Crippen molar-refractivity contribution in [2.75, 3.05) is 48.4 Å². The van der Waals surface area contributed by atoms with Crippen LogP contribution in [0, 0.1) is 12.8 Å². The predicted molar refractivity (Wildman–Crippen MR) is 142 cm³/mol. The number of aryl methyl sites for hydroxylation is 1. The summed E-state index contributed by atoms with van der Waals surface area (Å²) in [6.07, 6.45) is 1.59. The smallest absolute Gasteiger partial charge is 0.227 e. The summed E-state index contributed by atoms with van der Waals surface area (Å²) in [4.78, 5) is 17.5. The number of carbonyl (C=O) groups is 1. The van der Waals surface area contributed by atoms with Crippen LogP contribution in [0.15, 0.2) is 54.6 Å². The molecule has 0 atom stereocenters. The first kappa shape index (κ1) is 24.5. The molecule has 35 heavy (non-hydrogen) atoms. The quantitative estimate of drug-likeness (QED) is 0.487. The van der Waals surface area contributed by atoms with E-state index < -0.39 is 0 Å². The Labute approximate surface area is 208 Å². The normalized spacial score (nSPS) is 14.0. The molecule has 1 fully saturated rings. The predicted octanol–water partition coefficient (Wildman–Crippen LogP) is 5.16. The molecule has 0 spiro atoms. The molecule has 7 nitrogen and oxygen atoms in total. The molecule has 1 aromatic heterocycles. The molecule has 0 unspecified atom stereocenters. The summed E-state index contributed by atoms with van der Waals surface area (Å²) in [7, 11) is 1.65.